The number of hydrogen-bond acceptors (Lipinski definition) is 4. The fourth-order valence-corrected chi connectivity index (χ4v) is 4.13. The first kappa shape index (κ1) is 19.8. The lowest BCUT2D eigenvalue weighted by molar-refractivity contribution is -0.137. The van der Waals surface area contributed by atoms with E-state index in [9.17, 15) is 9.59 Å². The van der Waals surface area contributed by atoms with Crippen LogP contribution in [0.1, 0.15) is 24.8 Å². The highest BCUT2D eigenvalue weighted by atomic mass is 16.5. The molecule has 148 valence electrons. The first-order valence-electron chi connectivity index (χ1n) is 9.88. The number of carbonyl (C=O) groups excluding carboxylic acids is 2. The number of benzene rings is 1. The van der Waals surface area contributed by atoms with Gasteiger partial charge in [-0.15, -0.1) is 0 Å². The number of methoxy groups -OCH3 is 1. The molecular formula is C21H31N3O3. The summed E-state index contributed by atoms with van der Waals surface area (Å²) in [6.07, 6.45) is 2.31. The number of rotatable bonds is 7. The van der Waals surface area contributed by atoms with Crippen LogP contribution in [0, 0.1) is 5.92 Å². The smallest absolute Gasteiger partial charge is 0.227 e. The third kappa shape index (κ3) is 5.08. The normalized spacial score (nSPS) is 21.6. The van der Waals surface area contributed by atoms with Crippen molar-refractivity contribution in [1.29, 1.82) is 0 Å². The fourth-order valence-electron chi connectivity index (χ4n) is 4.13. The van der Waals surface area contributed by atoms with Gasteiger partial charge in [-0.3, -0.25) is 14.5 Å². The molecule has 0 aromatic heterocycles. The maximum absolute atomic E-state index is 12.9. The van der Waals surface area contributed by atoms with Crippen molar-refractivity contribution in [3.05, 3.63) is 35.9 Å². The Morgan fingerprint density at radius 2 is 1.93 bits per heavy atom. The lowest BCUT2D eigenvalue weighted by Gasteiger charge is -2.37. The quantitative estimate of drug-likeness (QED) is 0.729. The topological polar surface area (TPSA) is 53.1 Å². The Hall–Kier alpha value is -1.92. The largest absolute Gasteiger partial charge is 0.383 e. The molecule has 2 amide bonds. The molecule has 2 saturated heterocycles. The Labute approximate surface area is 162 Å². The first-order valence-corrected chi connectivity index (χ1v) is 9.88. The predicted octanol–water partition coefficient (Wildman–Crippen LogP) is 1.60. The van der Waals surface area contributed by atoms with Gasteiger partial charge in [-0.25, -0.2) is 0 Å². The second-order valence-corrected chi connectivity index (χ2v) is 7.68. The monoisotopic (exact) mass is 373 g/mol. The van der Waals surface area contributed by atoms with E-state index in [2.05, 4.69) is 29.2 Å². The standard InChI is InChI=1S/C21H31N3O3/c1-22(21(26)18-14-20(25)24(16-18)12-13-27-2)19-8-10-23(11-9-19)15-17-6-4-3-5-7-17/h3-7,18-19H,8-16H2,1-2H3. The minimum absolute atomic E-state index is 0.0662. The highest BCUT2D eigenvalue weighted by Crippen LogP contribution is 2.24. The van der Waals surface area contributed by atoms with Crippen molar-refractivity contribution in [2.75, 3.05) is 46.9 Å². The van der Waals surface area contributed by atoms with Crippen molar-refractivity contribution < 1.29 is 14.3 Å². The number of amides is 2. The molecule has 0 aliphatic carbocycles. The van der Waals surface area contributed by atoms with Crippen molar-refractivity contribution in [2.45, 2.75) is 31.8 Å². The summed E-state index contributed by atoms with van der Waals surface area (Å²) >= 11 is 0. The second-order valence-electron chi connectivity index (χ2n) is 7.68. The molecule has 0 spiro atoms. The highest BCUT2D eigenvalue weighted by molar-refractivity contribution is 5.89. The zero-order chi connectivity index (χ0) is 19.2. The molecule has 1 unspecified atom stereocenters. The summed E-state index contributed by atoms with van der Waals surface area (Å²) in [4.78, 5) is 31.1. The number of likely N-dealkylation sites (tertiary alicyclic amines) is 2. The number of nitrogens with zero attached hydrogens (tertiary/aromatic N) is 3. The Morgan fingerprint density at radius 3 is 2.59 bits per heavy atom. The van der Waals surface area contributed by atoms with Crippen LogP contribution in [-0.2, 0) is 20.9 Å². The van der Waals surface area contributed by atoms with E-state index in [0.717, 1.165) is 32.5 Å². The number of piperidine rings is 1. The summed E-state index contributed by atoms with van der Waals surface area (Å²) in [6.45, 7) is 4.58. The Kier molecular flexibility index (Phi) is 6.85. The fraction of sp³-hybridized carbons (Fsp3) is 0.619. The van der Waals surface area contributed by atoms with E-state index < -0.39 is 0 Å². The van der Waals surface area contributed by atoms with E-state index in [1.54, 1.807) is 12.0 Å². The van der Waals surface area contributed by atoms with Gasteiger partial charge in [0.15, 0.2) is 0 Å². The van der Waals surface area contributed by atoms with Crippen molar-refractivity contribution >= 4 is 11.8 Å². The van der Waals surface area contributed by atoms with Crippen LogP contribution < -0.4 is 0 Å². The summed E-state index contributed by atoms with van der Waals surface area (Å²) < 4.78 is 5.05. The van der Waals surface area contributed by atoms with Gasteiger partial charge in [-0.1, -0.05) is 30.3 Å². The molecule has 2 aliphatic rings. The number of ether oxygens (including phenoxy) is 1. The first-order chi connectivity index (χ1) is 13.1. The van der Waals surface area contributed by atoms with E-state index in [-0.39, 0.29) is 23.8 Å². The van der Waals surface area contributed by atoms with Crippen LogP contribution >= 0.6 is 0 Å². The maximum Gasteiger partial charge on any atom is 0.227 e. The van der Waals surface area contributed by atoms with Gasteiger partial charge in [-0.2, -0.15) is 0 Å². The van der Waals surface area contributed by atoms with Gasteiger partial charge in [0, 0.05) is 59.3 Å². The second kappa shape index (κ2) is 9.33. The number of hydrogen-bond donors (Lipinski definition) is 0. The minimum Gasteiger partial charge on any atom is -0.383 e. The van der Waals surface area contributed by atoms with E-state index in [1.807, 2.05) is 18.0 Å². The Balaban J connectivity index is 1.46. The molecule has 3 rings (SSSR count). The molecule has 6 nitrogen and oxygen atoms in total. The molecule has 2 heterocycles. The molecule has 1 aromatic rings. The predicted molar refractivity (Wildman–Crippen MR) is 104 cm³/mol. The van der Waals surface area contributed by atoms with Crippen LogP contribution in [0.15, 0.2) is 30.3 Å². The van der Waals surface area contributed by atoms with E-state index in [0.29, 0.717) is 26.1 Å². The number of carbonyl (C=O) groups is 2. The van der Waals surface area contributed by atoms with Gasteiger partial charge >= 0.3 is 0 Å². The molecule has 1 atom stereocenters. The van der Waals surface area contributed by atoms with Crippen LogP contribution in [0.3, 0.4) is 0 Å². The van der Waals surface area contributed by atoms with Crippen LogP contribution in [0.25, 0.3) is 0 Å². The maximum atomic E-state index is 12.9. The zero-order valence-electron chi connectivity index (χ0n) is 16.5. The lowest BCUT2D eigenvalue weighted by Crippen LogP contribution is -2.47. The van der Waals surface area contributed by atoms with Crippen molar-refractivity contribution in [3.8, 4) is 0 Å². The van der Waals surface area contributed by atoms with Crippen molar-refractivity contribution in [2.24, 2.45) is 5.92 Å². The molecule has 0 bridgehead atoms. The third-order valence-electron chi connectivity index (χ3n) is 5.83. The van der Waals surface area contributed by atoms with Crippen molar-refractivity contribution in [1.82, 2.24) is 14.7 Å². The Bertz CT molecular complexity index is 629. The van der Waals surface area contributed by atoms with Crippen LogP contribution in [0.5, 0.6) is 0 Å². The summed E-state index contributed by atoms with van der Waals surface area (Å²) in [5.41, 5.74) is 1.33. The summed E-state index contributed by atoms with van der Waals surface area (Å²) in [7, 11) is 3.53. The van der Waals surface area contributed by atoms with Crippen LogP contribution in [0.4, 0.5) is 0 Å². The average molecular weight is 373 g/mol. The minimum atomic E-state index is -0.207. The van der Waals surface area contributed by atoms with Gasteiger partial charge in [0.2, 0.25) is 11.8 Å². The molecule has 2 fully saturated rings. The van der Waals surface area contributed by atoms with E-state index in [1.165, 1.54) is 5.56 Å². The van der Waals surface area contributed by atoms with Crippen LogP contribution in [0.2, 0.25) is 0 Å². The lowest BCUT2D eigenvalue weighted by atomic mass is 10.00. The van der Waals surface area contributed by atoms with Gasteiger partial charge in [0.25, 0.3) is 0 Å². The van der Waals surface area contributed by atoms with E-state index in [4.69, 9.17) is 4.74 Å². The van der Waals surface area contributed by atoms with Crippen molar-refractivity contribution in [3.63, 3.8) is 0 Å². The summed E-state index contributed by atoms with van der Waals surface area (Å²) in [5, 5.41) is 0. The van der Waals surface area contributed by atoms with Crippen LogP contribution in [-0.4, -0.2) is 79.5 Å². The van der Waals surface area contributed by atoms with Gasteiger partial charge < -0.3 is 14.5 Å². The molecular weight excluding hydrogens is 342 g/mol. The molecule has 0 saturated carbocycles. The molecule has 0 N–H and O–H groups in total. The van der Waals surface area contributed by atoms with E-state index >= 15 is 0 Å². The highest BCUT2D eigenvalue weighted by Gasteiger charge is 2.37. The Morgan fingerprint density at radius 1 is 1.22 bits per heavy atom. The molecule has 1 aromatic carbocycles. The third-order valence-corrected chi connectivity index (χ3v) is 5.83. The molecule has 6 heteroatoms. The van der Waals surface area contributed by atoms with Gasteiger partial charge in [0.1, 0.15) is 0 Å². The SMILES string of the molecule is COCCN1CC(C(=O)N(C)C2CCN(Cc3ccccc3)CC2)CC1=O. The molecule has 2 aliphatic heterocycles. The molecule has 27 heavy (non-hydrogen) atoms. The summed E-state index contributed by atoms with van der Waals surface area (Å²) in [6, 6.07) is 10.8. The average Bonchev–Trinajstić information content (AvgIpc) is 3.07. The van der Waals surface area contributed by atoms with Gasteiger partial charge in [-0.05, 0) is 18.4 Å². The zero-order valence-corrected chi connectivity index (χ0v) is 16.5. The summed E-state index contributed by atoms with van der Waals surface area (Å²) in [5.74, 6) is -0.0250. The van der Waals surface area contributed by atoms with Gasteiger partial charge in [0.05, 0.1) is 12.5 Å². The molecule has 0 radical (unpaired) electrons.